The molecule has 5 nitrogen and oxygen atoms in total. The Morgan fingerprint density at radius 2 is 2.00 bits per heavy atom. The summed E-state index contributed by atoms with van der Waals surface area (Å²) in [5.74, 6) is 1.45. The first-order valence-electron chi connectivity index (χ1n) is 7.28. The van der Waals surface area contributed by atoms with Crippen molar-refractivity contribution in [2.75, 3.05) is 13.2 Å². The van der Waals surface area contributed by atoms with Crippen molar-refractivity contribution in [1.29, 1.82) is 0 Å². The first-order valence-corrected chi connectivity index (χ1v) is 7.28. The van der Waals surface area contributed by atoms with Crippen molar-refractivity contribution in [2.24, 2.45) is 0 Å². The normalized spacial score (nSPS) is 15.0. The Balaban J connectivity index is 1.80. The minimum atomic E-state index is -0.581. The van der Waals surface area contributed by atoms with Crippen molar-refractivity contribution < 1.29 is 14.6 Å². The van der Waals surface area contributed by atoms with E-state index in [-0.39, 0.29) is 0 Å². The maximum absolute atomic E-state index is 10.5. The zero-order valence-electron chi connectivity index (χ0n) is 12.4. The highest BCUT2D eigenvalue weighted by Gasteiger charge is 2.17. The van der Waals surface area contributed by atoms with Crippen molar-refractivity contribution in [2.45, 2.75) is 32.9 Å². The average Bonchev–Trinajstić information content (AvgIpc) is 2.86. The SMILES string of the molecule is CCn1nc(C)cc1CC(O)c1ccc2c(c1)OCCO2. The fourth-order valence-corrected chi connectivity index (χ4v) is 2.62. The van der Waals surface area contributed by atoms with Gasteiger partial charge in [-0.3, -0.25) is 4.68 Å². The van der Waals surface area contributed by atoms with Crippen molar-refractivity contribution in [3.05, 3.63) is 41.2 Å². The van der Waals surface area contributed by atoms with Gasteiger partial charge in [-0.05, 0) is 37.6 Å². The number of benzene rings is 1. The van der Waals surface area contributed by atoms with Crippen molar-refractivity contribution >= 4 is 0 Å². The van der Waals surface area contributed by atoms with E-state index in [2.05, 4.69) is 5.10 Å². The van der Waals surface area contributed by atoms with Crippen LogP contribution in [0.15, 0.2) is 24.3 Å². The highest BCUT2D eigenvalue weighted by molar-refractivity contribution is 5.44. The fraction of sp³-hybridized carbons (Fsp3) is 0.438. The summed E-state index contributed by atoms with van der Waals surface area (Å²) in [5, 5.41) is 14.9. The molecule has 2 aromatic rings. The van der Waals surface area contributed by atoms with Crippen LogP contribution in [0.25, 0.3) is 0 Å². The lowest BCUT2D eigenvalue weighted by atomic mass is 10.0. The second-order valence-electron chi connectivity index (χ2n) is 5.22. The Kier molecular flexibility index (Phi) is 3.84. The van der Waals surface area contributed by atoms with Gasteiger partial charge in [-0.1, -0.05) is 6.07 Å². The molecule has 0 saturated carbocycles. The third kappa shape index (κ3) is 2.88. The highest BCUT2D eigenvalue weighted by atomic mass is 16.6. The summed E-state index contributed by atoms with van der Waals surface area (Å²) in [5.41, 5.74) is 2.85. The van der Waals surface area contributed by atoms with E-state index in [1.165, 1.54) is 0 Å². The van der Waals surface area contributed by atoms with E-state index < -0.39 is 6.10 Å². The molecule has 1 N–H and O–H groups in total. The predicted molar refractivity (Wildman–Crippen MR) is 78.7 cm³/mol. The molecule has 1 unspecified atom stereocenters. The van der Waals surface area contributed by atoms with E-state index >= 15 is 0 Å². The van der Waals surface area contributed by atoms with E-state index in [1.54, 1.807) is 0 Å². The Morgan fingerprint density at radius 3 is 2.76 bits per heavy atom. The molecule has 3 rings (SSSR count). The largest absolute Gasteiger partial charge is 0.486 e. The van der Waals surface area contributed by atoms with Crippen molar-refractivity contribution in [1.82, 2.24) is 9.78 Å². The number of nitrogens with zero attached hydrogens (tertiary/aromatic N) is 2. The minimum absolute atomic E-state index is 0.536. The standard InChI is InChI=1S/C16H20N2O3/c1-3-18-13(8-11(2)17-18)10-14(19)12-4-5-15-16(9-12)21-7-6-20-15/h4-5,8-9,14,19H,3,6-7,10H2,1-2H3. The van der Waals surface area contributed by atoms with E-state index in [0.29, 0.717) is 25.4 Å². The summed E-state index contributed by atoms with van der Waals surface area (Å²) in [7, 11) is 0. The maximum atomic E-state index is 10.5. The monoisotopic (exact) mass is 288 g/mol. The molecule has 0 spiro atoms. The van der Waals surface area contributed by atoms with Crippen LogP contribution in [0.2, 0.25) is 0 Å². The van der Waals surface area contributed by atoms with Crippen LogP contribution in [-0.4, -0.2) is 28.1 Å². The van der Waals surface area contributed by atoms with Gasteiger partial charge in [0.2, 0.25) is 0 Å². The summed E-state index contributed by atoms with van der Waals surface area (Å²) in [4.78, 5) is 0. The lowest BCUT2D eigenvalue weighted by Gasteiger charge is -2.20. The van der Waals surface area contributed by atoms with Crippen molar-refractivity contribution in [3.63, 3.8) is 0 Å². The molecule has 1 aromatic carbocycles. The molecule has 0 saturated heterocycles. The molecule has 0 amide bonds. The Hall–Kier alpha value is -2.01. The highest BCUT2D eigenvalue weighted by Crippen LogP contribution is 2.33. The average molecular weight is 288 g/mol. The maximum Gasteiger partial charge on any atom is 0.161 e. The Morgan fingerprint density at radius 1 is 1.24 bits per heavy atom. The topological polar surface area (TPSA) is 56.5 Å². The third-order valence-corrected chi connectivity index (χ3v) is 3.64. The molecule has 1 aliphatic rings. The molecule has 1 aromatic heterocycles. The number of ether oxygens (including phenoxy) is 2. The van der Waals surface area contributed by atoms with Gasteiger partial charge in [-0.15, -0.1) is 0 Å². The number of aliphatic hydroxyl groups excluding tert-OH is 1. The summed E-state index contributed by atoms with van der Waals surface area (Å²) >= 11 is 0. The Bertz CT molecular complexity index is 636. The van der Waals surface area contributed by atoms with E-state index in [0.717, 1.165) is 29.2 Å². The van der Waals surface area contributed by atoms with Gasteiger partial charge in [0.1, 0.15) is 13.2 Å². The molecule has 1 atom stereocenters. The number of aromatic nitrogens is 2. The lowest BCUT2D eigenvalue weighted by molar-refractivity contribution is 0.163. The molecule has 0 bridgehead atoms. The molecule has 2 heterocycles. The number of hydrogen-bond acceptors (Lipinski definition) is 4. The molecule has 0 fully saturated rings. The molecular weight excluding hydrogens is 268 g/mol. The van der Waals surface area contributed by atoms with E-state index in [9.17, 15) is 5.11 Å². The zero-order chi connectivity index (χ0) is 14.8. The predicted octanol–water partition coefficient (Wildman–Crippen LogP) is 2.26. The van der Waals surface area contributed by atoms with Crippen LogP contribution >= 0.6 is 0 Å². The van der Waals surface area contributed by atoms with Crippen LogP contribution < -0.4 is 9.47 Å². The van der Waals surface area contributed by atoms with Crippen LogP contribution in [0.3, 0.4) is 0 Å². The molecule has 21 heavy (non-hydrogen) atoms. The molecule has 1 aliphatic heterocycles. The minimum Gasteiger partial charge on any atom is -0.486 e. The van der Waals surface area contributed by atoms with Gasteiger partial charge in [0.25, 0.3) is 0 Å². The Labute approximate surface area is 124 Å². The second-order valence-corrected chi connectivity index (χ2v) is 5.22. The zero-order valence-corrected chi connectivity index (χ0v) is 12.4. The van der Waals surface area contributed by atoms with Gasteiger partial charge in [0.15, 0.2) is 11.5 Å². The molecule has 112 valence electrons. The van der Waals surface area contributed by atoms with Crippen molar-refractivity contribution in [3.8, 4) is 11.5 Å². The second kappa shape index (κ2) is 5.77. The summed E-state index contributed by atoms with van der Waals surface area (Å²) in [6.07, 6.45) is -0.0452. The third-order valence-electron chi connectivity index (χ3n) is 3.64. The van der Waals surface area contributed by atoms with Crippen LogP contribution in [0.5, 0.6) is 11.5 Å². The smallest absolute Gasteiger partial charge is 0.161 e. The van der Waals surface area contributed by atoms with Crippen LogP contribution in [0.4, 0.5) is 0 Å². The number of rotatable bonds is 4. The van der Waals surface area contributed by atoms with Gasteiger partial charge >= 0.3 is 0 Å². The van der Waals surface area contributed by atoms with Gasteiger partial charge in [0.05, 0.1) is 11.8 Å². The molecule has 0 radical (unpaired) electrons. The molecular formula is C16H20N2O3. The summed E-state index contributed by atoms with van der Waals surface area (Å²) < 4.78 is 13.0. The lowest BCUT2D eigenvalue weighted by Crippen LogP contribution is -2.16. The van der Waals surface area contributed by atoms with Crippen LogP contribution in [0.1, 0.15) is 30.0 Å². The first kappa shape index (κ1) is 13.9. The first-order chi connectivity index (χ1) is 10.2. The van der Waals surface area contributed by atoms with Gasteiger partial charge in [-0.25, -0.2) is 0 Å². The number of fused-ring (bicyclic) bond motifs is 1. The van der Waals surface area contributed by atoms with Gasteiger partial charge in [-0.2, -0.15) is 5.10 Å². The molecule has 0 aliphatic carbocycles. The fourth-order valence-electron chi connectivity index (χ4n) is 2.62. The summed E-state index contributed by atoms with van der Waals surface area (Å²) in [6.45, 7) is 5.94. The number of aliphatic hydroxyl groups is 1. The van der Waals surface area contributed by atoms with E-state index in [4.69, 9.17) is 9.47 Å². The number of hydrogen-bond donors (Lipinski definition) is 1. The summed E-state index contributed by atoms with van der Waals surface area (Å²) in [6, 6.07) is 7.62. The quantitative estimate of drug-likeness (QED) is 0.937. The van der Waals surface area contributed by atoms with Crippen LogP contribution in [0, 0.1) is 6.92 Å². The number of aryl methyl sites for hydroxylation is 2. The van der Waals surface area contributed by atoms with Gasteiger partial charge < -0.3 is 14.6 Å². The van der Waals surface area contributed by atoms with Crippen LogP contribution in [-0.2, 0) is 13.0 Å². The van der Waals surface area contributed by atoms with E-state index in [1.807, 2.05) is 42.8 Å². The van der Waals surface area contributed by atoms with Gasteiger partial charge in [0, 0.05) is 18.7 Å². The molecule has 5 heteroatoms.